The molecule has 3 N–H and O–H groups in total. The lowest BCUT2D eigenvalue weighted by Crippen LogP contribution is -2.23. The number of benzene rings is 1. The van der Waals surface area contributed by atoms with E-state index in [0.717, 1.165) is 24.3 Å². The molecule has 118 valence electrons. The van der Waals surface area contributed by atoms with Crippen molar-refractivity contribution in [2.24, 2.45) is 17.6 Å². The summed E-state index contributed by atoms with van der Waals surface area (Å²) in [6.45, 7) is 7.53. The van der Waals surface area contributed by atoms with Crippen molar-refractivity contribution in [3.63, 3.8) is 0 Å². The monoisotopic (exact) mass is 292 g/mol. The molecule has 0 radical (unpaired) electrons. The Kier molecular flexibility index (Phi) is 7.83. The van der Waals surface area contributed by atoms with Gasteiger partial charge in [-0.3, -0.25) is 4.79 Å². The van der Waals surface area contributed by atoms with Crippen LogP contribution in [-0.2, 0) is 4.79 Å². The smallest absolute Gasteiger partial charge is 0.224 e. The lowest BCUT2D eigenvalue weighted by atomic mass is 9.94. The zero-order valence-electron chi connectivity index (χ0n) is 13.4. The second kappa shape index (κ2) is 9.40. The molecule has 0 fully saturated rings. The van der Waals surface area contributed by atoms with Crippen molar-refractivity contribution in [2.75, 3.05) is 18.5 Å². The minimum atomic E-state index is -0.00125. The molecular weight excluding hydrogens is 264 g/mol. The Morgan fingerprint density at radius 2 is 2.05 bits per heavy atom. The van der Waals surface area contributed by atoms with Crippen LogP contribution < -0.4 is 15.8 Å². The average molecular weight is 292 g/mol. The summed E-state index contributed by atoms with van der Waals surface area (Å²) in [7, 11) is 0. The first-order chi connectivity index (χ1) is 10.1. The second-order valence-corrected chi connectivity index (χ2v) is 5.83. The molecule has 0 heterocycles. The highest BCUT2D eigenvalue weighted by Crippen LogP contribution is 2.24. The van der Waals surface area contributed by atoms with Gasteiger partial charge >= 0.3 is 0 Å². The summed E-state index contributed by atoms with van der Waals surface area (Å²) < 4.78 is 5.64. The Morgan fingerprint density at radius 3 is 2.67 bits per heavy atom. The van der Waals surface area contributed by atoms with Crippen LogP contribution in [0.3, 0.4) is 0 Å². The highest BCUT2D eigenvalue weighted by atomic mass is 16.5. The number of hydrogen-bond acceptors (Lipinski definition) is 3. The third-order valence-corrected chi connectivity index (χ3v) is 3.23. The Hall–Kier alpha value is -1.55. The van der Waals surface area contributed by atoms with Gasteiger partial charge in [0.15, 0.2) is 0 Å². The number of carbonyl (C=O) groups is 1. The highest BCUT2D eigenvalue weighted by molar-refractivity contribution is 5.92. The van der Waals surface area contributed by atoms with E-state index in [1.165, 1.54) is 0 Å². The molecule has 0 aromatic heterocycles. The molecule has 0 spiro atoms. The zero-order chi connectivity index (χ0) is 15.7. The first-order valence-corrected chi connectivity index (χ1v) is 7.78. The van der Waals surface area contributed by atoms with Crippen LogP contribution >= 0.6 is 0 Å². The lowest BCUT2D eigenvalue weighted by molar-refractivity contribution is -0.117. The molecule has 0 aliphatic rings. The van der Waals surface area contributed by atoms with E-state index in [4.69, 9.17) is 10.5 Å². The largest absolute Gasteiger partial charge is 0.491 e. The minimum Gasteiger partial charge on any atom is -0.491 e. The van der Waals surface area contributed by atoms with Gasteiger partial charge in [-0.05, 0) is 43.4 Å². The molecule has 1 atom stereocenters. The number of amides is 1. The van der Waals surface area contributed by atoms with Gasteiger partial charge in [0.05, 0.1) is 12.3 Å². The van der Waals surface area contributed by atoms with Crippen molar-refractivity contribution in [1.29, 1.82) is 0 Å². The van der Waals surface area contributed by atoms with Gasteiger partial charge in [0.25, 0.3) is 0 Å². The average Bonchev–Trinajstić information content (AvgIpc) is 2.45. The summed E-state index contributed by atoms with van der Waals surface area (Å²) in [4.78, 5) is 12.2. The van der Waals surface area contributed by atoms with Crippen LogP contribution in [-0.4, -0.2) is 19.1 Å². The molecule has 1 aromatic rings. The quantitative estimate of drug-likeness (QED) is 0.733. The van der Waals surface area contributed by atoms with E-state index in [2.05, 4.69) is 26.1 Å². The number of anilines is 1. The highest BCUT2D eigenvalue weighted by Gasteiger charge is 2.15. The molecule has 0 saturated heterocycles. The number of hydrogen-bond donors (Lipinski definition) is 2. The molecule has 4 nitrogen and oxygen atoms in total. The Labute approximate surface area is 128 Å². The first kappa shape index (κ1) is 17.5. The van der Waals surface area contributed by atoms with Crippen LogP contribution in [0.1, 0.15) is 40.0 Å². The summed E-state index contributed by atoms with van der Waals surface area (Å²) in [6, 6.07) is 7.54. The van der Waals surface area contributed by atoms with Gasteiger partial charge in [0.1, 0.15) is 5.75 Å². The maximum Gasteiger partial charge on any atom is 0.224 e. The molecule has 1 rings (SSSR count). The third-order valence-electron chi connectivity index (χ3n) is 3.23. The van der Waals surface area contributed by atoms with E-state index in [0.29, 0.717) is 25.5 Å². The second-order valence-electron chi connectivity index (χ2n) is 5.83. The maximum absolute atomic E-state index is 12.2. The van der Waals surface area contributed by atoms with Crippen molar-refractivity contribution in [3.8, 4) is 5.75 Å². The Bertz CT molecular complexity index is 433. The molecule has 0 bridgehead atoms. The zero-order valence-corrected chi connectivity index (χ0v) is 13.4. The van der Waals surface area contributed by atoms with Crippen LogP contribution in [0.2, 0.25) is 0 Å². The predicted octanol–water partition coefficient (Wildman–Crippen LogP) is 3.43. The van der Waals surface area contributed by atoms with Gasteiger partial charge in [0, 0.05) is 6.42 Å². The number of nitrogens with two attached hydrogens (primary N) is 1. The molecule has 4 heteroatoms. The fraction of sp³-hybridized carbons (Fsp3) is 0.588. The summed E-state index contributed by atoms with van der Waals surface area (Å²) in [5.74, 6) is 1.50. The third kappa shape index (κ3) is 6.63. The number of para-hydroxylation sites is 2. The maximum atomic E-state index is 12.2. The van der Waals surface area contributed by atoms with Crippen molar-refractivity contribution < 1.29 is 9.53 Å². The summed E-state index contributed by atoms with van der Waals surface area (Å²) >= 11 is 0. The predicted molar refractivity (Wildman–Crippen MR) is 87.5 cm³/mol. The lowest BCUT2D eigenvalue weighted by Gasteiger charge is -2.17. The molecular formula is C17H28N2O2. The molecule has 1 amide bonds. The van der Waals surface area contributed by atoms with E-state index in [1.807, 2.05) is 24.3 Å². The summed E-state index contributed by atoms with van der Waals surface area (Å²) in [5, 5.41) is 2.94. The van der Waals surface area contributed by atoms with Crippen LogP contribution in [0, 0.1) is 11.8 Å². The number of rotatable bonds is 9. The molecule has 1 aromatic carbocycles. The van der Waals surface area contributed by atoms with Crippen molar-refractivity contribution >= 4 is 11.6 Å². The summed E-state index contributed by atoms with van der Waals surface area (Å²) in [6.07, 6.45) is 2.36. The molecule has 21 heavy (non-hydrogen) atoms. The van der Waals surface area contributed by atoms with Crippen molar-refractivity contribution in [2.45, 2.75) is 40.0 Å². The van der Waals surface area contributed by atoms with Crippen molar-refractivity contribution in [3.05, 3.63) is 24.3 Å². The van der Waals surface area contributed by atoms with Gasteiger partial charge in [-0.15, -0.1) is 0 Å². The molecule has 0 unspecified atom stereocenters. The fourth-order valence-corrected chi connectivity index (χ4v) is 2.30. The fourth-order valence-electron chi connectivity index (χ4n) is 2.30. The number of ether oxygens (including phenoxy) is 1. The van der Waals surface area contributed by atoms with E-state index < -0.39 is 0 Å². The SMILES string of the molecule is CCCOc1ccccc1NC(=O)C[C@@H](CN)CC(C)C. The van der Waals surface area contributed by atoms with Crippen molar-refractivity contribution in [1.82, 2.24) is 0 Å². The van der Waals surface area contributed by atoms with Crippen LogP contribution in [0.5, 0.6) is 5.75 Å². The number of nitrogens with one attached hydrogen (secondary N) is 1. The van der Waals surface area contributed by atoms with Gasteiger partial charge in [0.2, 0.25) is 5.91 Å². The Morgan fingerprint density at radius 1 is 1.33 bits per heavy atom. The van der Waals surface area contributed by atoms with Gasteiger partial charge in [-0.1, -0.05) is 32.9 Å². The van der Waals surface area contributed by atoms with E-state index in [9.17, 15) is 4.79 Å². The minimum absolute atomic E-state index is 0.00125. The first-order valence-electron chi connectivity index (χ1n) is 7.78. The van der Waals surface area contributed by atoms with Crippen LogP contribution in [0.25, 0.3) is 0 Å². The van der Waals surface area contributed by atoms with E-state index >= 15 is 0 Å². The molecule has 0 aliphatic carbocycles. The standard InChI is InChI=1S/C17H28N2O2/c1-4-9-21-16-8-6-5-7-15(16)19-17(20)11-14(12-18)10-13(2)3/h5-8,13-14H,4,9-12,18H2,1-3H3,(H,19,20)/t14-/m0/s1. The van der Waals surface area contributed by atoms with Crippen LogP contribution in [0.4, 0.5) is 5.69 Å². The van der Waals surface area contributed by atoms with Crippen LogP contribution in [0.15, 0.2) is 24.3 Å². The summed E-state index contributed by atoms with van der Waals surface area (Å²) in [5.41, 5.74) is 6.49. The van der Waals surface area contributed by atoms with Gasteiger partial charge < -0.3 is 15.8 Å². The van der Waals surface area contributed by atoms with E-state index in [1.54, 1.807) is 0 Å². The normalized spacial score (nSPS) is 12.2. The number of carbonyl (C=O) groups excluding carboxylic acids is 1. The Balaban J connectivity index is 2.61. The van der Waals surface area contributed by atoms with Gasteiger partial charge in [-0.2, -0.15) is 0 Å². The molecule has 0 aliphatic heterocycles. The molecule has 0 saturated carbocycles. The topological polar surface area (TPSA) is 64.3 Å². The van der Waals surface area contributed by atoms with Gasteiger partial charge in [-0.25, -0.2) is 0 Å². The van der Waals surface area contributed by atoms with E-state index in [-0.39, 0.29) is 11.8 Å².